The van der Waals surface area contributed by atoms with E-state index in [1.807, 2.05) is 25.2 Å². The Bertz CT molecular complexity index is 581. The van der Waals surface area contributed by atoms with Crippen molar-refractivity contribution in [3.63, 3.8) is 0 Å². The van der Waals surface area contributed by atoms with Crippen LogP contribution >= 0.6 is 0 Å². The number of fused-ring (bicyclic) bond motifs is 1. The van der Waals surface area contributed by atoms with Gasteiger partial charge in [0.15, 0.2) is 0 Å². The molecule has 1 aromatic rings. The molecule has 0 bridgehead atoms. The Morgan fingerprint density at radius 2 is 1.71 bits per heavy atom. The van der Waals surface area contributed by atoms with Gasteiger partial charge in [0.1, 0.15) is 0 Å². The van der Waals surface area contributed by atoms with E-state index in [1.165, 1.54) is 0 Å². The molecule has 1 fully saturated rings. The van der Waals surface area contributed by atoms with E-state index in [1.54, 1.807) is 4.90 Å². The molecule has 1 amide bonds. The Labute approximate surface area is 126 Å². The maximum absolute atomic E-state index is 11.9. The molecule has 1 saturated heterocycles. The minimum Gasteiger partial charge on any atom is -0.399 e. The zero-order chi connectivity index (χ0) is 15.4. The molecule has 112 valence electrons. The van der Waals surface area contributed by atoms with Gasteiger partial charge in [0.2, 0.25) is 5.91 Å². The van der Waals surface area contributed by atoms with Crippen molar-refractivity contribution in [1.82, 2.24) is 0 Å². The van der Waals surface area contributed by atoms with Crippen molar-refractivity contribution in [2.75, 3.05) is 11.9 Å². The molecule has 0 atom stereocenters. The number of carbonyl (C=O) groups excluding carboxylic acids is 1. The van der Waals surface area contributed by atoms with Crippen LogP contribution in [0.25, 0.3) is 0 Å². The zero-order valence-electron chi connectivity index (χ0n) is 13.4. The number of nitrogens with zero attached hydrogens (tertiary/aromatic N) is 1. The molecule has 0 N–H and O–H groups in total. The molecule has 0 saturated carbocycles. The minimum absolute atomic E-state index is 0.161. The van der Waals surface area contributed by atoms with Gasteiger partial charge >= 0.3 is 7.12 Å². The Hall–Kier alpha value is -1.33. The van der Waals surface area contributed by atoms with E-state index >= 15 is 0 Å². The molecule has 5 heteroatoms. The van der Waals surface area contributed by atoms with Crippen molar-refractivity contribution < 1.29 is 14.1 Å². The van der Waals surface area contributed by atoms with Crippen LogP contribution in [0.4, 0.5) is 5.69 Å². The SMILES string of the molecule is CN1C(=O)CCc2c(B3OC(C)(C)C(C)(C)O3)cccc21. The molecule has 21 heavy (non-hydrogen) atoms. The summed E-state index contributed by atoms with van der Waals surface area (Å²) in [5.41, 5.74) is 2.48. The van der Waals surface area contributed by atoms with Crippen LogP contribution < -0.4 is 10.4 Å². The Balaban J connectivity index is 2.01. The molecule has 0 aromatic heterocycles. The maximum Gasteiger partial charge on any atom is 0.495 e. The van der Waals surface area contributed by atoms with E-state index in [0.717, 1.165) is 23.1 Å². The highest BCUT2D eigenvalue weighted by atomic mass is 16.7. The van der Waals surface area contributed by atoms with Crippen LogP contribution in [-0.2, 0) is 20.5 Å². The van der Waals surface area contributed by atoms with Crippen LogP contribution in [0.1, 0.15) is 39.7 Å². The molecule has 0 spiro atoms. The standard InChI is InChI=1S/C16H22BNO3/c1-15(2)16(3,4)21-17(20-15)12-7-6-8-13-11(12)9-10-14(19)18(13)5/h6-8H,9-10H2,1-5H3. The van der Waals surface area contributed by atoms with Crippen molar-refractivity contribution in [3.05, 3.63) is 23.8 Å². The smallest absolute Gasteiger partial charge is 0.399 e. The summed E-state index contributed by atoms with van der Waals surface area (Å²) in [5, 5.41) is 0. The van der Waals surface area contributed by atoms with Crippen molar-refractivity contribution >= 4 is 24.2 Å². The molecule has 1 aromatic carbocycles. The Morgan fingerprint density at radius 1 is 1.10 bits per heavy atom. The van der Waals surface area contributed by atoms with Crippen LogP contribution in [-0.4, -0.2) is 31.3 Å². The van der Waals surface area contributed by atoms with Gasteiger partial charge in [0.25, 0.3) is 0 Å². The number of benzene rings is 1. The van der Waals surface area contributed by atoms with E-state index in [4.69, 9.17) is 9.31 Å². The van der Waals surface area contributed by atoms with Gasteiger partial charge in [-0.1, -0.05) is 12.1 Å². The molecular weight excluding hydrogens is 265 g/mol. The number of hydrogen-bond acceptors (Lipinski definition) is 3. The maximum atomic E-state index is 11.9. The summed E-state index contributed by atoms with van der Waals surface area (Å²) in [6.45, 7) is 8.21. The van der Waals surface area contributed by atoms with Crippen molar-refractivity contribution in [1.29, 1.82) is 0 Å². The second-order valence-corrected chi connectivity index (χ2v) is 6.89. The highest BCUT2D eigenvalue weighted by Gasteiger charge is 2.52. The minimum atomic E-state index is -0.369. The van der Waals surface area contributed by atoms with E-state index in [2.05, 4.69) is 27.7 Å². The summed E-state index contributed by atoms with van der Waals surface area (Å²) in [6.07, 6.45) is 1.29. The summed E-state index contributed by atoms with van der Waals surface area (Å²) in [4.78, 5) is 13.6. The number of anilines is 1. The highest BCUT2D eigenvalue weighted by Crippen LogP contribution is 2.37. The van der Waals surface area contributed by atoms with E-state index in [0.29, 0.717) is 6.42 Å². The van der Waals surface area contributed by atoms with Gasteiger partial charge in [0.05, 0.1) is 11.2 Å². The fraction of sp³-hybridized carbons (Fsp3) is 0.562. The van der Waals surface area contributed by atoms with Crippen LogP contribution in [0.2, 0.25) is 0 Å². The number of rotatable bonds is 1. The first-order chi connectivity index (χ1) is 9.73. The highest BCUT2D eigenvalue weighted by molar-refractivity contribution is 6.63. The summed E-state index contributed by atoms with van der Waals surface area (Å²) in [6, 6.07) is 6.00. The van der Waals surface area contributed by atoms with Crippen LogP contribution in [0.3, 0.4) is 0 Å². The lowest BCUT2D eigenvalue weighted by molar-refractivity contribution is -0.118. The van der Waals surface area contributed by atoms with Gasteiger partial charge in [-0.25, -0.2) is 0 Å². The average molecular weight is 287 g/mol. The second kappa shape index (κ2) is 4.58. The predicted molar refractivity (Wildman–Crippen MR) is 83.9 cm³/mol. The molecule has 3 rings (SSSR count). The van der Waals surface area contributed by atoms with E-state index < -0.39 is 0 Å². The first-order valence-corrected chi connectivity index (χ1v) is 7.47. The fourth-order valence-electron chi connectivity index (χ4n) is 2.90. The zero-order valence-corrected chi connectivity index (χ0v) is 13.4. The monoisotopic (exact) mass is 287 g/mol. The van der Waals surface area contributed by atoms with Crippen molar-refractivity contribution in [3.8, 4) is 0 Å². The van der Waals surface area contributed by atoms with Crippen LogP contribution in [0, 0.1) is 0 Å². The first-order valence-electron chi connectivity index (χ1n) is 7.47. The third kappa shape index (κ3) is 2.19. The molecule has 4 nitrogen and oxygen atoms in total. The fourth-order valence-corrected chi connectivity index (χ4v) is 2.90. The molecule has 0 radical (unpaired) electrons. The van der Waals surface area contributed by atoms with Crippen molar-refractivity contribution in [2.24, 2.45) is 0 Å². The Kier molecular flexibility index (Phi) is 3.19. The lowest BCUT2D eigenvalue weighted by Gasteiger charge is -2.32. The Morgan fingerprint density at radius 3 is 2.33 bits per heavy atom. The molecular formula is C16H22BNO3. The second-order valence-electron chi connectivity index (χ2n) is 6.89. The van der Waals surface area contributed by atoms with E-state index in [-0.39, 0.29) is 24.2 Å². The van der Waals surface area contributed by atoms with Crippen LogP contribution in [0.5, 0.6) is 0 Å². The third-order valence-corrected chi connectivity index (χ3v) is 5.02. The predicted octanol–water partition coefficient (Wildman–Crippen LogP) is 1.89. The summed E-state index contributed by atoms with van der Waals surface area (Å²) in [5.74, 6) is 0.161. The van der Waals surface area contributed by atoms with Gasteiger partial charge in [-0.3, -0.25) is 4.79 Å². The first kappa shape index (κ1) is 14.6. The van der Waals surface area contributed by atoms with Crippen LogP contribution in [0.15, 0.2) is 18.2 Å². The summed E-state index contributed by atoms with van der Waals surface area (Å²) < 4.78 is 12.3. The number of hydrogen-bond donors (Lipinski definition) is 0. The van der Waals surface area contributed by atoms with Gasteiger partial charge in [-0.2, -0.15) is 0 Å². The normalized spacial score (nSPS) is 23.4. The molecule has 0 unspecified atom stereocenters. The molecule has 2 heterocycles. The number of carbonyl (C=O) groups is 1. The molecule has 2 aliphatic rings. The quantitative estimate of drug-likeness (QED) is 0.740. The summed E-state index contributed by atoms with van der Waals surface area (Å²) in [7, 11) is 1.46. The average Bonchev–Trinajstić information content (AvgIpc) is 2.62. The third-order valence-electron chi connectivity index (χ3n) is 5.02. The molecule has 2 aliphatic heterocycles. The molecule has 0 aliphatic carbocycles. The summed E-state index contributed by atoms with van der Waals surface area (Å²) >= 11 is 0. The lowest BCUT2D eigenvalue weighted by Crippen LogP contribution is -2.41. The van der Waals surface area contributed by atoms with Gasteiger partial charge in [-0.15, -0.1) is 0 Å². The van der Waals surface area contributed by atoms with E-state index in [9.17, 15) is 4.79 Å². The largest absolute Gasteiger partial charge is 0.495 e. The van der Waals surface area contributed by atoms with Gasteiger partial charge < -0.3 is 14.2 Å². The van der Waals surface area contributed by atoms with Gasteiger partial charge in [0, 0.05) is 19.2 Å². The van der Waals surface area contributed by atoms with Gasteiger partial charge in [-0.05, 0) is 51.2 Å². The number of amides is 1. The van der Waals surface area contributed by atoms with Crippen molar-refractivity contribution in [2.45, 2.75) is 51.7 Å². The lowest BCUT2D eigenvalue weighted by atomic mass is 9.73. The topological polar surface area (TPSA) is 38.8 Å².